The van der Waals surface area contributed by atoms with Gasteiger partial charge in [-0.3, -0.25) is 14.4 Å². The van der Waals surface area contributed by atoms with Crippen LogP contribution in [0.4, 0.5) is 5.69 Å². The van der Waals surface area contributed by atoms with Gasteiger partial charge in [0, 0.05) is 22.8 Å². The molecule has 0 aliphatic heterocycles. The van der Waals surface area contributed by atoms with Crippen LogP contribution in [0.25, 0.3) is 0 Å². The van der Waals surface area contributed by atoms with Gasteiger partial charge in [-0.05, 0) is 43.2 Å². The van der Waals surface area contributed by atoms with Crippen molar-refractivity contribution in [3.05, 3.63) is 56.4 Å². The fraction of sp³-hybridized carbons (Fsp3) is 0.316. The van der Waals surface area contributed by atoms with E-state index < -0.39 is 24.4 Å². The molecular formula is C19H21BrN4O5. The van der Waals surface area contributed by atoms with Gasteiger partial charge in [-0.25, -0.2) is 9.48 Å². The molecule has 0 unspecified atom stereocenters. The van der Waals surface area contributed by atoms with E-state index in [1.54, 1.807) is 12.1 Å². The second kappa shape index (κ2) is 10.5. The molecule has 2 amide bonds. The Morgan fingerprint density at radius 1 is 1.17 bits per heavy atom. The molecule has 0 aliphatic carbocycles. The van der Waals surface area contributed by atoms with Crippen molar-refractivity contribution in [1.29, 1.82) is 0 Å². The number of nitrogens with zero attached hydrogens (tertiary/aromatic N) is 2. The quantitative estimate of drug-likeness (QED) is 0.573. The molecular weight excluding hydrogens is 444 g/mol. The van der Waals surface area contributed by atoms with Gasteiger partial charge in [0.25, 0.3) is 11.5 Å². The van der Waals surface area contributed by atoms with Crippen molar-refractivity contribution in [2.24, 2.45) is 0 Å². The molecule has 154 valence electrons. The highest BCUT2D eigenvalue weighted by Crippen LogP contribution is 2.19. The van der Waals surface area contributed by atoms with Crippen molar-refractivity contribution in [3.8, 4) is 0 Å². The minimum Gasteiger partial charge on any atom is -0.451 e. The van der Waals surface area contributed by atoms with Crippen LogP contribution in [-0.4, -0.2) is 40.7 Å². The second-order valence-electron chi connectivity index (χ2n) is 6.14. The molecule has 2 rings (SSSR count). The first-order valence-electron chi connectivity index (χ1n) is 8.88. The average molecular weight is 465 g/mol. The Morgan fingerprint density at radius 2 is 1.93 bits per heavy atom. The summed E-state index contributed by atoms with van der Waals surface area (Å²) in [7, 11) is 0. The summed E-state index contributed by atoms with van der Waals surface area (Å²) < 4.78 is 6.93. The lowest BCUT2D eigenvalue weighted by Crippen LogP contribution is -2.36. The Morgan fingerprint density at radius 3 is 2.62 bits per heavy atom. The van der Waals surface area contributed by atoms with Crippen LogP contribution in [0.5, 0.6) is 0 Å². The van der Waals surface area contributed by atoms with Gasteiger partial charge in [-0.1, -0.05) is 22.9 Å². The Bertz CT molecular complexity index is 973. The number of aryl methyl sites for hydroxylation is 2. The number of carbonyl (C=O) groups excluding carboxylic acids is 3. The summed E-state index contributed by atoms with van der Waals surface area (Å²) in [6.07, 6.45) is 0.676. The monoisotopic (exact) mass is 464 g/mol. The number of benzene rings is 1. The number of hydrogen-bond acceptors (Lipinski definition) is 6. The number of rotatable bonds is 8. The minimum absolute atomic E-state index is 0.0747. The maximum absolute atomic E-state index is 12.0. The van der Waals surface area contributed by atoms with E-state index in [1.165, 1.54) is 12.1 Å². The van der Waals surface area contributed by atoms with Crippen LogP contribution in [0.1, 0.15) is 29.4 Å². The minimum atomic E-state index is -0.833. The fourth-order valence-electron chi connectivity index (χ4n) is 2.33. The SMILES string of the molecule is CCCn1nc(C(=O)OCC(=O)NCC(=O)Nc2ccc(Br)cc2C)ccc1=O. The molecule has 1 heterocycles. The van der Waals surface area contributed by atoms with Crippen molar-refractivity contribution in [3.63, 3.8) is 0 Å². The van der Waals surface area contributed by atoms with Crippen LogP contribution in [0.2, 0.25) is 0 Å². The van der Waals surface area contributed by atoms with Crippen LogP contribution in [0.15, 0.2) is 39.6 Å². The largest absolute Gasteiger partial charge is 0.451 e. The molecule has 2 aromatic rings. The second-order valence-corrected chi connectivity index (χ2v) is 7.06. The van der Waals surface area contributed by atoms with Gasteiger partial charge in [-0.15, -0.1) is 0 Å². The van der Waals surface area contributed by atoms with Crippen molar-refractivity contribution < 1.29 is 19.1 Å². The van der Waals surface area contributed by atoms with Crippen LogP contribution in [0.3, 0.4) is 0 Å². The third-order valence-corrected chi connectivity index (χ3v) is 4.25. The van der Waals surface area contributed by atoms with Gasteiger partial charge in [-0.2, -0.15) is 5.10 Å². The topological polar surface area (TPSA) is 119 Å². The number of esters is 1. The lowest BCUT2D eigenvalue weighted by atomic mass is 10.2. The average Bonchev–Trinajstić information content (AvgIpc) is 2.68. The molecule has 0 bridgehead atoms. The lowest BCUT2D eigenvalue weighted by molar-refractivity contribution is -0.126. The molecule has 0 saturated heterocycles. The molecule has 10 heteroatoms. The van der Waals surface area contributed by atoms with E-state index in [0.717, 1.165) is 14.7 Å². The number of carbonyl (C=O) groups is 3. The highest BCUT2D eigenvalue weighted by Gasteiger charge is 2.14. The zero-order chi connectivity index (χ0) is 21.4. The van der Waals surface area contributed by atoms with Gasteiger partial charge in [0.2, 0.25) is 5.91 Å². The van der Waals surface area contributed by atoms with E-state index >= 15 is 0 Å². The highest BCUT2D eigenvalue weighted by molar-refractivity contribution is 9.10. The molecule has 29 heavy (non-hydrogen) atoms. The van der Waals surface area contributed by atoms with E-state index in [4.69, 9.17) is 4.74 Å². The first kappa shape index (κ1) is 22.3. The molecule has 1 aromatic carbocycles. The van der Waals surface area contributed by atoms with Gasteiger partial charge < -0.3 is 15.4 Å². The summed E-state index contributed by atoms with van der Waals surface area (Å²) in [5, 5.41) is 8.96. The highest BCUT2D eigenvalue weighted by atomic mass is 79.9. The Balaban J connectivity index is 1.80. The summed E-state index contributed by atoms with van der Waals surface area (Å²) in [4.78, 5) is 47.4. The molecule has 0 spiro atoms. The van der Waals surface area contributed by atoms with Crippen molar-refractivity contribution >= 4 is 39.4 Å². The third-order valence-electron chi connectivity index (χ3n) is 3.75. The van der Waals surface area contributed by atoms with Crippen LogP contribution < -0.4 is 16.2 Å². The third kappa shape index (κ3) is 6.83. The standard InChI is InChI=1S/C19H21BrN4O5/c1-3-8-24-18(27)7-6-15(23-24)19(28)29-11-17(26)21-10-16(25)22-14-5-4-13(20)9-12(14)2/h4-7,9H,3,8,10-11H2,1-2H3,(H,21,26)(H,22,25). The number of hydrogen-bond donors (Lipinski definition) is 2. The number of nitrogens with one attached hydrogen (secondary N) is 2. The van der Waals surface area contributed by atoms with Gasteiger partial charge >= 0.3 is 5.97 Å². The molecule has 0 fully saturated rings. The normalized spacial score (nSPS) is 10.3. The molecule has 0 radical (unpaired) electrons. The predicted octanol–water partition coefficient (Wildman–Crippen LogP) is 1.64. The van der Waals surface area contributed by atoms with Crippen molar-refractivity contribution in [2.75, 3.05) is 18.5 Å². The molecule has 0 aliphatic rings. The van der Waals surface area contributed by atoms with Crippen molar-refractivity contribution in [1.82, 2.24) is 15.1 Å². The number of anilines is 1. The number of ether oxygens (including phenoxy) is 1. The van der Waals surface area contributed by atoms with Gasteiger partial charge in [0.15, 0.2) is 12.3 Å². The maximum atomic E-state index is 12.0. The van der Waals surface area contributed by atoms with Gasteiger partial charge in [0.1, 0.15) is 0 Å². The summed E-state index contributed by atoms with van der Waals surface area (Å²) in [5.41, 5.74) is 1.10. The molecule has 0 saturated carbocycles. The van der Waals surface area contributed by atoms with Crippen molar-refractivity contribution in [2.45, 2.75) is 26.8 Å². The zero-order valence-electron chi connectivity index (χ0n) is 16.0. The molecule has 1 aromatic heterocycles. The fourth-order valence-corrected chi connectivity index (χ4v) is 2.80. The molecule has 0 atom stereocenters. The predicted molar refractivity (Wildman–Crippen MR) is 110 cm³/mol. The van der Waals surface area contributed by atoms with Crippen LogP contribution in [-0.2, 0) is 20.9 Å². The number of amides is 2. The lowest BCUT2D eigenvalue weighted by Gasteiger charge is -2.10. The Labute approximate surface area is 175 Å². The maximum Gasteiger partial charge on any atom is 0.359 e. The summed E-state index contributed by atoms with van der Waals surface area (Å²) in [5.74, 6) is -1.88. The van der Waals surface area contributed by atoms with E-state index in [0.29, 0.717) is 18.7 Å². The first-order valence-corrected chi connectivity index (χ1v) is 9.67. The number of halogens is 1. The Kier molecular flexibility index (Phi) is 8.08. The van der Waals surface area contributed by atoms with E-state index in [-0.39, 0.29) is 17.8 Å². The first-order chi connectivity index (χ1) is 13.8. The van der Waals surface area contributed by atoms with E-state index in [1.807, 2.05) is 19.9 Å². The van der Waals surface area contributed by atoms with E-state index in [2.05, 4.69) is 31.7 Å². The zero-order valence-corrected chi connectivity index (χ0v) is 17.6. The summed E-state index contributed by atoms with van der Waals surface area (Å²) in [6, 6.07) is 7.84. The molecule has 9 nitrogen and oxygen atoms in total. The van der Waals surface area contributed by atoms with Gasteiger partial charge in [0.05, 0.1) is 6.54 Å². The smallest absolute Gasteiger partial charge is 0.359 e. The molecule has 2 N–H and O–H groups in total. The van der Waals surface area contributed by atoms with Crippen LogP contribution in [0, 0.1) is 6.92 Å². The summed E-state index contributed by atoms with van der Waals surface area (Å²) >= 11 is 3.34. The number of aromatic nitrogens is 2. The van der Waals surface area contributed by atoms with E-state index in [9.17, 15) is 19.2 Å². The Hall–Kier alpha value is -3.01. The summed E-state index contributed by atoms with van der Waals surface area (Å²) in [6.45, 7) is 3.24. The van der Waals surface area contributed by atoms with Crippen LogP contribution >= 0.6 is 15.9 Å².